The highest BCUT2D eigenvalue weighted by Crippen LogP contribution is 2.38. The summed E-state index contributed by atoms with van der Waals surface area (Å²) in [6.07, 6.45) is 2.96. The molecule has 0 spiro atoms. The molecule has 0 saturated carbocycles. The lowest BCUT2D eigenvalue weighted by Gasteiger charge is -2.19. The molecular formula is C16H17FN4OS2. The Morgan fingerprint density at radius 3 is 2.83 bits per heavy atom. The minimum atomic E-state index is -1.74. The maximum absolute atomic E-state index is 14.5. The number of allylic oxidation sites excluding steroid dienone is 1. The number of benzene rings is 1. The second-order valence-electron chi connectivity index (χ2n) is 5.30. The van der Waals surface area contributed by atoms with Crippen LogP contribution >= 0.6 is 23.5 Å². The zero-order valence-corrected chi connectivity index (χ0v) is 14.9. The lowest BCUT2D eigenvalue weighted by molar-refractivity contribution is -0.120. The van der Waals surface area contributed by atoms with Crippen LogP contribution in [0.25, 0.3) is 0 Å². The Bertz CT molecular complexity index is 742. The average Bonchev–Trinajstić information content (AvgIpc) is 3.25. The van der Waals surface area contributed by atoms with Crippen LogP contribution < -0.4 is 4.90 Å². The Morgan fingerprint density at radius 1 is 1.42 bits per heavy atom. The Balaban J connectivity index is 1.68. The van der Waals surface area contributed by atoms with Crippen molar-refractivity contribution >= 4 is 35.1 Å². The Morgan fingerprint density at radius 2 is 2.17 bits per heavy atom. The van der Waals surface area contributed by atoms with E-state index in [1.807, 2.05) is 23.6 Å². The molecule has 5 nitrogen and oxygen atoms in total. The van der Waals surface area contributed by atoms with Crippen molar-refractivity contribution in [3.05, 3.63) is 47.6 Å². The van der Waals surface area contributed by atoms with Crippen molar-refractivity contribution in [1.82, 2.24) is 14.8 Å². The number of nitrogens with zero attached hydrogens (tertiary/aromatic N) is 4. The van der Waals surface area contributed by atoms with Crippen LogP contribution in [0.3, 0.4) is 0 Å². The summed E-state index contributed by atoms with van der Waals surface area (Å²) in [6.45, 7) is 0. The van der Waals surface area contributed by atoms with Gasteiger partial charge in [-0.3, -0.25) is 4.79 Å². The fraction of sp³-hybridized carbons (Fsp3) is 0.312. The number of hydrogen-bond donors (Lipinski definition) is 0. The van der Waals surface area contributed by atoms with E-state index in [-0.39, 0.29) is 5.25 Å². The van der Waals surface area contributed by atoms with Gasteiger partial charge in [0.1, 0.15) is 5.82 Å². The third-order valence-electron chi connectivity index (χ3n) is 3.72. The predicted molar refractivity (Wildman–Crippen MR) is 95.7 cm³/mol. The van der Waals surface area contributed by atoms with Crippen molar-refractivity contribution < 1.29 is 9.18 Å². The molecule has 0 N–H and O–H groups in total. The number of rotatable bonds is 5. The number of anilines is 1. The smallest absolute Gasteiger partial charge is 0.272 e. The van der Waals surface area contributed by atoms with Gasteiger partial charge in [0.05, 0.1) is 5.25 Å². The van der Waals surface area contributed by atoms with Crippen LogP contribution in [0.5, 0.6) is 0 Å². The first-order valence-electron chi connectivity index (χ1n) is 7.41. The Hall–Kier alpha value is -1.80. The van der Waals surface area contributed by atoms with Crippen molar-refractivity contribution in [2.24, 2.45) is 7.05 Å². The highest BCUT2D eigenvalue weighted by atomic mass is 32.2. The first kappa shape index (κ1) is 17.0. The van der Waals surface area contributed by atoms with E-state index in [0.717, 1.165) is 24.0 Å². The zero-order valence-electron chi connectivity index (χ0n) is 13.3. The van der Waals surface area contributed by atoms with E-state index in [0.29, 0.717) is 10.8 Å². The number of aromatic nitrogens is 3. The Labute approximate surface area is 148 Å². The Kier molecular flexibility index (Phi) is 5.25. The van der Waals surface area contributed by atoms with E-state index >= 15 is 0 Å². The van der Waals surface area contributed by atoms with Crippen molar-refractivity contribution in [3.8, 4) is 0 Å². The second kappa shape index (κ2) is 7.40. The summed E-state index contributed by atoms with van der Waals surface area (Å²) in [5, 5.41) is 10.8. The molecule has 2 aromatic rings. The van der Waals surface area contributed by atoms with E-state index in [4.69, 9.17) is 0 Å². The van der Waals surface area contributed by atoms with Gasteiger partial charge >= 0.3 is 0 Å². The molecule has 1 aliphatic rings. The summed E-state index contributed by atoms with van der Waals surface area (Å²) in [7, 11) is 3.36. The summed E-state index contributed by atoms with van der Waals surface area (Å²) in [6, 6.07) is 8.99. The number of para-hydroxylation sites is 1. The molecule has 1 amide bonds. The SMILES string of the molecule is CN(C(=O)C(F)Sc1nnc(C2CC=CS2)n1C)c1ccccc1. The third kappa shape index (κ3) is 3.49. The minimum absolute atomic E-state index is 0.206. The van der Waals surface area contributed by atoms with E-state index < -0.39 is 11.4 Å². The fourth-order valence-corrected chi connectivity index (χ4v) is 4.08. The molecule has 8 heteroatoms. The molecule has 0 bridgehead atoms. The van der Waals surface area contributed by atoms with Gasteiger partial charge in [-0.05, 0) is 35.7 Å². The number of amides is 1. The van der Waals surface area contributed by atoms with Crippen LogP contribution in [0, 0.1) is 0 Å². The number of alkyl halides is 1. The first-order chi connectivity index (χ1) is 11.6. The van der Waals surface area contributed by atoms with Gasteiger partial charge < -0.3 is 9.47 Å². The maximum Gasteiger partial charge on any atom is 0.272 e. The molecule has 1 aromatic carbocycles. The van der Waals surface area contributed by atoms with Crippen LogP contribution in [0.2, 0.25) is 0 Å². The van der Waals surface area contributed by atoms with Gasteiger partial charge in [-0.25, -0.2) is 4.39 Å². The number of hydrogen-bond acceptors (Lipinski definition) is 5. The van der Waals surface area contributed by atoms with Gasteiger partial charge in [-0.15, -0.1) is 22.0 Å². The highest BCUT2D eigenvalue weighted by molar-refractivity contribution is 8.02. The van der Waals surface area contributed by atoms with Gasteiger partial charge in [0.25, 0.3) is 5.91 Å². The van der Waals surface area contributed by atoms with Crippen LogP contribution in [0.4, 0.5) is 10.1 Å². The van der Waals surface area contributed by atoms with E-state index in [9.17, 15) is 9.18 Å². The van der Waals surface area contributed by atoms with Gasteiger partial charge in [0, 0.05) is 19.8 Å². The van der Waals surface area contributed by atoms with Crippen LogP contribution in [-0.4, -0.2) is 33.2 Å². The van der Waals surface area contributed by atoms with E-state index in [1.165, 1.54) is 4.90 Å². The van der Waals surface area contributed by atoms with Gasteiger partial charge in [-0.1, -0.05) is 24.3 Å². The topological polar surface area (TPSA) is 51.0 Å². The molecule has 1 aromatic heterocycles. The molecule has 2 atom stereocenters. The van der Waals surface area contributed by atoms with Crippen LogP contribution in [-0.2, 0) is 11.8 Å². The molecule has 0 aliphatic carbocycles. The summed E-state index contributed by atoms with van der Waals surface area (Å²) >= 11 is 2.45. The fourth-order valence-electron chi connectivity index (χ4n) is 2.33. The van der Waals surface area contributed by atoms with Crippen molar-refractivity contribution in [1.29, 1.82) is 0 Å². The molecule has 1 aliphatic heterocycles. The summed E-state index contributed by atoms with van der Waals surface area (Å²) < 4.78 is 16.2. The maximum atomic E-state index is 14.5. The number of thioether (sulfide) groups is 2. The molecule has 24 heavy (non-hydrogen) atoms. The van der Waals surface area contributed by atoms with E-state index in [1.54, 1.807) is 42.6 Å². The molecule has 3 rings (SSSR count). The molecule has 0 saturated heterocycles. The minimum Gasteiger partial charge on any atom is -0.312 e. The van der Waals surface area contributed by atoms with Gasteiger partial charge in [0.2, 0.25) is 5.50 Å². The summed E-state index contributed by atoms with van der Waals surface area (Å²) in [5.41, 5.74) is -1.09. The largest absolute Gasteiger partial charge is 0.312 e. The lowest BCUT2D eigenvalue weighted by Crippen LogP contribution is -2.32. The molecule has 0 fully saturated rings. The van der Waals surface area contributed by atoms with Crippen LogP contribution in [0.15, 0.2) is 47.0 Å². The first-order valence-corrected chi connectivity index (χ1v) is 9.23. The van der Waals surface area contributed by atoms with Crippen molar-refractivity contribution in [2.45, 2.75) is 22.3 Å². The molecule has 2 heterocycles. The highest BCUT2D eigenvalue weighted by Gasteiger charge is 2.27. The third-order valence-corrected chi connectivity index (χ3v) is 5.78. The normalized spacial score (nSPS) is 17.9. The lowest BCUT2D eigenvalue weighted by atomic mass is 10.3. The summed E-state index contributed by atoms with van der Waals surface area (Å²) in [4.78, 5) is 13.6. The van der Waals surface area contributed by atoms with Crippen molar-refractivity contribution in [3.63, 3.8) is 0 Å². The zero-order chi connectivity index (χ0) is 17.1. The number of carbonyl (C=O) groups excluding carboxylic acids is 1. The molecule has 2 unspecified atom stereocenters. The van der Waals surface area contributed by atoms with Crippen LogP contribution in [0.1, 0.15) is 17.5 Å². The van der Waals surface area contributed by atoms with Gasteiger partial charge in [-0.2, -0.15) is 0 Å². The number of carbonyl (C=O) groups is 1. The molecule has 0 radical (unpaired) electrons. The monoisotopic (exact) mass is 364 g/mol. The van der Waals surface area contributed by atoms with E-state index in [2.05, 4.69) is 16.3 Å². The summed E-state index contributed by atoms with van der Waals surface area (Å²) in [5.74, 6) is 0.177. The second-order valence-corrected chi connectivity index (χ2v) is 7.43. The van der Waals surface area contributed by atoms with Crippen molar-refractivity contribution in [2.75, 3.05) is 11.9 Å². The quantitative estimate of drug-likeness (QED) is 0.760. The average molecular weight is 364 g/mol. The number of halogens is 1. The van der Waals surface area contributed by atoms with Gasteiger partial charge in [0.15, 0.2) is 5.16 Å². The standard InChI is InChI=1S/C16H17FN4OS2/c1-20(11-7-4-3-5-8-11)15(22)13(17)24-16-19-18-14(21(16)2)12-9-6-10-23-12/h3-8,10,12-13H,9H2,1-2H3. The predicted octanol–water partition coefficient (Wildman–Crippen LogP) is 3.56. The molecular weight excluding hydrogens is 347 g/mol. The molecule has 126 valence electrons.